The molecule has 7 heteroatoms. The van der Waals surface area contributed by atoms with Crippen molar-refractivity contribution in [2.75, 3.05) is 13.2 Å². The van der Waals surface area contributed by atoms with Crippen LogP contribution in [0.15, 0.2) is 69.6 Å². The minimum absolute atomic E-state index is 0.172. The van der Waals surface area contributed by atoms with Crippen LogP contribution in [0.25, 0.3) is 10.8 Å². The molecular weight excluding hydrogens is 524 g/mol. The first-order valence-electron chi connectivity index (χ1n) is 10.0. The second kappa shape index (κ2) is 10.8. The zero-order valence-corrected chi connectivity index (χ0v) is 20.6. The van der Waals surface area contributed by atoms with E-state index in [0.717, 1.165) is 25.3 Å². The van der Waals surface area contributed by atoms with E-state index in [9.17, 15) is 9.59 Å². The fraction of sp³-hybridized carbons (Fsp3) is 0.250. The lowest BCUT2D eigenvalue weighted by Gasteiger charge is -2.28. The summed E-state index contributed by atoms with van der Waals surface area (Å²) in [6, 6.07) is 18.8. The first kappa shape index (κ1) is 23.3. The molecule has 0 aliphatic rings. The zero-order valence-electron chi connectivity index (χ0n) is 17.4. The Balaban J connectivity index is 1.79. The molecule has 2 amide bonds. The molecular formula is C24H24Br2N2O3. The smallest absolute Gasteiger partial charge is 0.261 e. The highest BCUT2D eigenvalue weighted by Gasteiger charge is 2.26. The van der Waals surface area contributed by atoms with Gasteiger partial charge in [-0.2, -0.15) is 0 Å². The standard InChI is InChI=1S/C24H24Br2N2O3/c1-3-27-24(30)16(2)28(14-17-7-6-9-19(25)13-17)22(29)15-31-21-12-11-18-8-4-5-10-20(18)23(21)26/h4-13,16H,3,14-15H2,1-2H3,(H,27,30)/t16-/m1/s1. The average Bonchev–Trinajstić information content (AvgIpc) is 2.77. The van der Waals surface area contributed by atoms with E-state index in [-0.39, 0.29) is 18.4 Å². The van der Waals surface area contributed by atoms with Gasteiger partial charge in [-0.1, -0.05) is 58.4 Å². The van der Waals surface area contributed by atoms with Crippen molar-refractivity contribution in [2.24, 2.45) is 0 Å². The molecule has 3 aromatic carbocycles. The van der Waals surface area contributed by atoms with Crippen molar-refractivity contribution in [1.82, 2.24) is 10.2 Å². The molecule has 0 aliphatic carbocycles. The highest BCUT2D eigenvalue weighted by Crippen LogP contribution is 2.33. The van der Waals surface area contributed by atoms with Crippen molar-refractivity contribution < 1.29 is 14.3 Å². The summed E-state index contributed by atoms with van der Waals surface area (Å²) in [6.07, 6.45) is 0. The summed E-state index contributed by atoms with van der Waals surface area (Å²) in [4.78, 5) is 27.1. The minimum atomic E-state index is -0.630. The van der Waals surface area contributed by atoms with Crippen LogP contribution in [0.4, 0.5) is 0 Å². The van der Waals surface area contributed by atoms with Crippen LogP contribution in [0.2, 0.25) is 0 Å². The first-order valence-corrected chi connectivity index (χ1v) is 11.6. The number of nitrogens with one attached hydrogen (secondary N) is 1. The third kappa shape index (κ3) is 5.86. The molecule has 0 spiro atoms. The van der Waals surface area contributed by atoms with Gasteiger partial charge in [0.25, 0.3) is 5.91 Å². The Bertz CT molecular complexity index is 1090. The van der Waals surface area contributed by atoms with Gasteiger partial charge in [0.15, 0.2) is 6.61 Å². The fourth-order valence-electron chi connectivity index (χ4n) is 3.28. The van der Waals surface area contributed by atoms with Gasteiger partial charge >= 0.3 is 0 Å². The number of carbonyl (C=O) groups is 2. The molecule has 5 nitrogen and oxygen atoms in total. The van der Waals surface area contributed by atoms with E-state index in [4.69, 9.17) is 4.74 Å². The number of amides is 2. The molecule has 162 valence electrons. The van der Waals surface area contributed by atoms with Crippen molar-refractivity contribution in [3.8, 4) is 5.75 Å². The number of hydrogen-bond donors (Lipinski definition) is 1. The molecule has 1 atom stereocenters. The van der Waals surface area contributed by atoms with Crippen LogP contribution in [0.5, 0.6) is 5.75 Å². The molecule has 0 saturated heterocycles. The lowest BCUT2D eigenvalue weighted by Crippen LogP contribution is -2.49. The Morgan fingerprint density at radius 1 is 1.06 bits per heavy atom. The number of carbonyl (C=O) groups excluding carboxylic acids is 2. The van der Waals surface area contributed by atoms with Crippen LogP contribution >= 0.6 is 31.9 Å². The first-order chi connectivity index (χ1) is 14.9. The zero-order chi connectivity index (χ0) is 22.4. The number of hydrogen-bond acceptors (Lipinski definition) is 3. The SMILES string of the molecule is CCNC(=O)[C@@H](C)N(Cc1cccc(Br)c1)C(=O)COc1ccc2ccccc2c1Br. The lowest BCUT2D eigenvalue weighted by atomic mass is 10.1. The summed E-state index contributed by atoms with van der Waals surface area (Å²) in [5.74, 6) is 0.122. The van der Waals surface area contributed by atoms with Gasteiger partial charge in [-0.25, -0.2) is 0 Å². The van der Waals surface area contributed by atoms with Crippen molar-refractivity contribution in [3.63, 3.8) is 0 Å². The molecule has 0 bridgehead atoms. The van der Waals surface area contributed by atoms with E-state index in [1.54, 1.807) is 11.8 Å². The Morgan fingerprint density at radius 2 is 1.84 bits per heavy atom. The van der Waals surface area contributed by atoms with E-state index in [1.165, 1.54) is 0 Å². The summed E-state index contributed by atoms with van der Waals surface area (Å²) in [6.45, 7) is 4.22. The molecule has 0 saturated carbocycles. The second-order valence-corrected chi connectivity index (χ2v) is 8.82. The molecule has 3 aromatic rings. The lowest BCUT2D eigenvalue weighted by molar-refractivity contribution is -0.142. The van der Waals surface area contributed by atoms with Gasteiger partial charge in [-0.05, 0) is 64.3 Å². The summed E-state index contributed by atoms with van der Waals surface area (Å²) < 4.78 is 7.58. The highest BCUT2D eigenvalue weighted by atomic mass is 79.9. The quantitative estimate of drug-likeness (QED) is 0.416. The molecule has 0 aliphatic heterocycles. The van der Waals surface area contributed by atoms with E-state index >= 15 is 0 Å². The van der Waals surface area contributed by atoms with Gasteiger partial charge in [0.05, 0.1) is 4.47 Å². The van der Waals surface area contributed by atoms with Crippen LogP contribution in [0.3, 0.4) is 0 Å². The maximum atomic E-state index is 13.1. The summed E-state index contributed by atoms with van der Waals surface area (Å²) >= 11 is 7.04. The molecule has 0 heterocycles. The Hall–Kier alpha value is -2.38. The number of rotatable bonds is 8. The minimum Gasteiger partial charge on any atom is -0.483 e. The maximum Gasteiger partial charge on any atom is 0.261 e. The van der Waals surface area contributed by atoms with Crippen LogP contribution < -0.4 is 10.1 Å². The molecule has 0 radical (unpaired) electrons. The Kier molecular flexibility index (Phi) is 8.09. The predicted octanol–water partition coefficient (Wildman–Crippen LogP) is 5.30. The van der Waals surface area contributed by atoms with Crippen LogP contribution in [-0.2, 0) is 16.1 Å². The van der Waals surface area contributed by atoms with Crippen LogP contribution in [0.1, 0.15) is 19.4 Å². The maximum absolute atomic E-state index is 13.1. The summed E-state index contributed by atoms with van der Waals surface area (Å²) in [5.41, 5.74) is 0.922. The molecule has 31 heavy (non-hydrogen) atoms. The molecule has 3 rings (SSSR count). The summed E-state index contributed by atoms with van der Waals surface area (Å²) in [7, 11) is 0. The van der Waals surface area contributed by atoms with E-state index in [0.29, 0.717) is 18.8 Å². The van der Waals surface area contributed by atoms with Gasteiger partial charge in [-0.3, -0.25) is 9.59 Å². The van der Waals surface area contributed by atoms with Crippen molar-refractivity contribution in [3.05, 3.63) is 75.2 Å². The second-order valence-electron chi connectivity index (χ2n) is 7.11. The molecule has 0 fully saturated rings. The topological polar surface area (TPSA) is 58.6 Å². The van der Waals surface area contributed by atoms with Gasteiger partial charge in [0.2, 0.25) is 5.91 Å². The number of nitrogens with zero attached hydrogens (tertiary/aromatic N) is 1. The average molecular weight is 548 g/mol. The third-order valence-electron chi connectivity index (χ3n) is 4.94. The van der Waals surface area contributed by atoms with Crippen molar-refractivity contribution >= 4 is 54.4 Å². The predicted molar refractivity (Wildman–Crippen MR) is 130 cm³/mol. The van der Waals surface area contributed by atoms with E-state index in [2.05, 4.69) is 37.2 Å². The van der Waals surface area contributed by atoms with Gasteiger partial charge < -0.3 is 15.0 Å². The van der Waals surface area contributed by atoms with Gasteiger partial charge in [0, 0.05) is 17.6 Å². The molecule has 1 N–H and O–H groups in total. The summed E-state index contributed by atoms with van der Waals surface area (Å²) in [5, 5.41) is 4.88. The Labute approximate surface area is 199 Å². The van der Waals surface area contributed by atoms with E-state index < -0.39 is 6.04 Å². The monoisotopic (exact) mass is 546 g/mol. The van der Waals surface area contributed by atoms with E-state index in [1.807, 2.05) is 67.6 Å². The van der Waals surface area contributed by atoms with Gasteiger partial charge in [0.1, 0.15) is 11.8 Å². The Morgan fingerprint density at radius 3 is 2.58 bits per heavy atom. The van der Waals surface area contributed by atoms with Crippen molar-refractivity contribution in [2.45, 2.75) is 26.4 Å². The number of ether oxygens (including phenoxy) is 1. The number of fused-ring (bicyclic) bond motifs is 1. The third-order valence-corrected chi connectivity index (χ3v) is 6.25. The normalized spacial score (nSPS) is 11.7. The molecule has 0 aromatic heterocycles. The largest absolute Gasteiger partial charge is 0.483 e. The van der Waals surface area contributed by atoms with Crippen LogP contribution in [-0.4, -0.2) is 35.9 Å². The molecule has 0 unspecified atom stereocenters. The van der Waals surface area contributed by atoms with Crippen LogP contribution in [0, 0.1) is 0 Å². The number of likely N-dealkylation sites (N-methyl/N-ethyl adjacent to an activating group) is 1. The van der Waals surface area contributed by atoms with Crippen molar-refractivity contribution in [1.29, 1.82) is 0 Å². The number of halogens is 2. The highest BCUT2D eigenvalue weighted by molar-refractivity contribution is 9.11. The number of benzene rings is 3. The van der Waals surface area contributed by atoms with Gasteiger partial charge in [-0.15, -0.1) is 0 Å². The fourth-order valence-corrected chi connectivity index (χ4v) is 4.34.